The number of hydrogen-bond acceptors (Lipinski definition) is 7. The van der Waals surface area contributed by atoms with Crippen LogP contribution in [0.1, 0.15) is 31.0 Å². The summed E-state index contributed by atoms with van der Waals surface area (Å²) in [6, 6.07) is 9.02. The summed E-state index contributed by atoms with van der Waals surface area (Å²) < 4.78 is 34.2. The maximum Gasteiger partial charge on any atom is 0.240 e. The maximum atomic E-state index is 13.0. The van der Waals surface area contributed by atoms with Gasteiger partial charge in [-0.3, -0.25) is 4.90 Å². The number of aryl methyl sites for hydroxylation is 2. The highest BCUT2D eigenvalue weighted by molar-refractivity contribution is 7.89. The Hall–Kier alpha value is -2.75. The van der Waals surface area contributed by atoms with Crippen molar-refractivity contribution in [3.05, 3.63) is 47.8 Å². The Kier molecular flexibility index (Phi) is 6.32. The minimum atomic E-state index is -3.64. The van der Waals surface area contributed by atoms with Gasteiger partial charge in [0.15, 0.2) is 5.76 Å². The third kappa shape index (κ3) is 4.55. The van der Waals surface area contributed by atoms with Crippen LogP contribution < -0.4 is 10.5 Å². The quantitative estimate of drug-likeness (QED) is 0.561. The molecule has 8 nitrogen and oxygen atoms in total. The molecule has 0 spiro atoms. The molecule has 0 bridgehead atoms. The summed E-state index contributed by atoms with van der Waals surface area (Å²) in [6.07, 6.45) is 3.76. The summed E-state index contributed by atoms with van der Waals surface area (Å²) >= 11 is 0. The average molecular weight is 456 g/mol. The standard InChI is InChI=1S/C23H29N5O3S/c1-4-28-9-5-6-18(28)14-26-32(29,30)19-8-7-15(2)20(12-19)17-11-21(23(24)25-13-17)22-10-16(3)27-31-22/h7-8,10-13,18,26H,4-6,9,14H2,1-3H3,(H2,24,25)/t18-/m0/s1. The molecule has 3 heterocycles. The van der Waals surface area contributed by atoms with Crippen LogP contribution in [0.25, 0.3) is 22.5 Å². The number of nitrogens with zero attached hydrogens (tertiary/aromatic N) is 3. The van der Waals surface area contributed by atoms with E-state index in [-0.39, 0.29) is 10.9 Å². The molecule has 170 valence electrons. The van der Waals surface area contributed by atoms with Gasteiger partial charge in [0.1, 0.15) is 5.82 Å². The van der Waals surface area contributed by atoms with Crippen molar-refractivity contribution in [2.24, 2.45) is 0 Å². The Labute approximate surface area is 188 Å². The molecule has 0 aliphatic carbocycles. The van der Waals surface area contributed by atoms with Crippen molar-refractivity contribution in [2.45, 2.75) is 44.6 Å². The van der Waals surface area contributed by atoms with Crippen LogP contribution in [0, 0.1) is 13.8 Å². The molecule has 3 aromatic rings. The predicted molar refractivity (Wildman–Crippen MR) is 125 cm³/mol. The monoisotopic (exact) mass is 455 g/mol. The molecule has 9 heteroatoms. The van der Waals surface area contributed by atoms with E-state index in [1.165, 1.54) is 0 Å². The third-order valence-corrected chi connectivity index (χ3v) is 7.48. The number of nitrogens with one attached hydrogen (secondary N) is 1. The van der Waals surface area contributed by atoms with E-state index in [2.05, 4.69) is 26.7 Å². The molecule has 2 aromatic heterocycles. The summed E-state index contributed by atoms with van der Waals surface area (Å²) in [7, 11) is -3.64. The zero-order chi connectivity index (χ0) is 22.9. The number of anilines is 1. The van der Waals surface area contributed by atoms with Crippen LogP contribution in [0.15, 0.2) is 45.9 Å². The van der Waals surface area contributed by atoms with Crippen LogP contribution in [0.5, 0.6) is 0 Å². The molecule has 1 aromatic carbocycles. The first-order chi connectivity index (χ1) is 15.3. The van der Waals surface area contributed by atoms with E-state index in [9.17, 15) is 8.42 Å². The number of sulfonamides is 1. The number of pyridine rings is 1. The normalized spacial score (nSPS) is 17.2. The first-order valence-electron chi connectivity index (χ1n) is 10.8. The van der Waals surface area contributed by atoms with E-state index in [0.29, 0.717) is 23.7 Å². The average Bonchev–Trinajstić information content (AvgIpc) is 3.41. The SMILES string of the molecule is CCN1CCC[C@H]1CNS(=O)(=O)c1ccc(C)c(-c2cnc(N)c(-c3cc(C)no3)c2)c1. The zero-order valence-corrected chi connectivity index (χ0v) is 19.4. The second-order valence-electron chi connectivity index (χ2n) is 8.24. The van der Waals surface area contributed by atoms with Crippen LogP contribution in [0.4, 0.5) is 5.82 Å². The summed E-state index contributed by atoms with van der Waals surface area (Å²) in [5.74, 6) is 0.847. The molecule has 0 saturated carbocycles. The van der Waals surface area contributed by atoms with Crippen molar-refractivity contribution < 1.29 is 12.9 Å². The number of benzene rings is 1. The van der Waals surface area contributed by atoms with Crippen LogP contribution >= 0.6 is 0 Å². The number of hydrogen-bond donors (Lipinski definition) is 2. The summed E-state index contributed by atoms with van der Waals surface area (Å²) in [6.45, 7) is 8.24. The van der Waals surface area contributed by atoms with E-state index in [1.807, 2.05) is 26.0 Å². The number of aromatic nitrogens is 2. The van der Waals surface area contributed by atoms with Crippen LogP contribution in [-0.2, 0) is 10.0 Å². The van der Waals surface area contributed by atoms with E-state index in [1.54, 1.807) is 24.4 Å². The molecular formula is C23H29N5O3S. The van der Waals surface area contributed by atoms with Crippen LogP contribution in [0.2, 0.25) is 0 Å². The minimum absolute atomic E-state index is 0.230. The number of rotatable bonds is 7. The van der Waals surface area contributed by atoms with Gasteiger partial charge in [-0.25, -0.2) is 18.1 Å². The van der Waals surface area contributed by atoms with E-state index in [0.717, 1.165) is 48.3 Å². The van der Waals surface area contributed by atoms with Gasteiger partial charge in [0.25, 0.3) is 0 Å². The predicted octanol–water partition coefficient (Wildman–Crippen LogP) is 3.37. The molecule has 1 fully saturated rings. The fourth-order valence-corrected chi connectivity index (χ4v) is 5.32. The van der Waals surface area contributed by atoms with E-state index in [4.69, 9.17) is 10.3 Å². The van der Waals surface area contributed by atoms with Crippen molar-refractivity contribution in [1.29, 1.82) is 0 Å². The van der Waals surface area contributed by atoms with Crippen molar-refractivity contribution >= 4 is 15.8 Å². The lowest BCUT2D eigenvalue weighted by molar-refractivity contribution is 0.268. The van der Waals surface area contributed by atoms with Crippen LogP contribution in [0.3, 0.4) is 0 Å². The highest BCUT2D eigenvalue weighted by Crippen LogP contribution is 2.32. The van der Waals surface area contributed by atoms with E-state index >= 15 is 0 Å². The van der Waals surface area contributed by atoms with Crippen molar-refractivity contribution in [3.63, 3.8) is 0 Å². The first-order valence-corrected chi connectivity index (χ1v) is 12.3. The second kappa shape index (κ2) is 9.01. The lowest BCUT2D eigenvalue weighted by Crippen LogP contribution is -2.40. The Morgan fingerprint density at radius 3 is 2.75 bits per heavy atom. The highest BCUT2D eigenvalue weighted by Gasteiger charge is 2.25. The Bertz CT molecular complexity index is 1220. The van der Waals surface area contributed by atoms with Gasteiger partial charge >= 0.3 is 0 Å². The van der Waals surface area contributed by atoms with Gasteiger partial charge in [-0.15, -0.1) is 0 Å². The summed E-state index contributed by atoms with van der Waals surface area (Å²) in [5, 5.41) is 3.92. The van der Waals surface area contributed by atoms with Gasteiger partial charge < -0.3 is 10.3 Å². The smallest absolute Gasteiger partial charge is 0.240 e. The maximum absolute atomic E-state index is 13.0. The van der Waals surface area contributed by atoms with Gasteiger partial charge in [0, 0.05) is 30.4 Å². The molecule has 1 saturated heterocycles. The summed E-state index contributed by atoms with van der Waals surface area (Å²) in [5.41, 5.74) is 9.88. The summed E-state index contributed by atoms with van der Waals surface area (Å²) in [4.78, 5) is 6.84. The van der Waals surface area contributed by atoms with Gasteiger partial charge in [-0.2, -0.15) is 0 Å². The molecule has 1 aliphatic rings. The minimum Gasteiger partial charge on any atom is -0.383 e. The fraction of sp³-hybridized carbons (Fsp3) is 0.391. The molecule has 0 radical (unpaired) electrons. The Balaban J connectivity index is 1.63. The number of nitrogen functional groups attached to an aromatic ring is 1. The zero-order valence-electron chi connectivity index (χ0n) is 18.6. The largest absolute Gasteiger partial charge is 0.383 e. The Morgan fingerprint density at radius 1 is 1.22 bits per heavy atom. The fourth-order valence-electron chi connectivity index (χ4n) is 4.22. The molecule has 3 N–H and O–H groups in total. The van der Waals surface area contributed by atoms with Gasteiger partial charge in [-0.1, -0.05) is 18.1 Å². The molecule has 1 atom stereocenters. The topological polar surface area (TPSA) is 114 Å². The second-order valence-corrected chi connectivity index (χ2v) is 10.0. The van der Waals surface area contributed by atoms with Crippen LogP contribution in [-0.4, -0.2) is 49.1 Å². The molecule has 32 heavy (non-hydrogen) atoms. The molecule has 0 amide bonds. The number of nitrogens with two attached hydrogens (primary N) is 1. The highest BCUT2D eigenvalue weighted by atomic mass is 32.2. The lowest BCUT2D eigenvalue weighted by atomic mass is 10.00. The molecule has 0 unspecified atom stereocenters. The van der Waals surface area contributed by atoms with Gasteiger partial charge in [-0.05, 0) is 69.1 Å². The number of likely N-dealkylation sites (tertiary alicyclic amines) is 1. The molecule has 1 aliphatic heterocycles. The number of likely N-dealkylation sites (N-methyl/N-ethyl adjacent to an activating group) is 1. The van der Waals surface area contributed by atoms with E-state index < -0.39 is 10.0 Å². The van der Waals surface area contributed by atoms with Crippen molar-refractivity contribution in [1.82, 2.24) is 19.8 Å². The van der Waals surface area contributed by atoms with Gasteiger partial charge in [0.05, 0.1) is 16.2 Å². The third-order valence-electron chi connectivity index (χ3n) is 6.06. The molecular weight excluding hydrogens is 426 g/mol. The van der Waals surface area contributed by atoms with Crippen molar-refractivity contribution in [3.8, 4) is 22.5 Å². The Morgan fingerprint density at radius 2 is 2.03 bits per heavy atom. The van der Waals surface area contributed by atoms with Crippen molar-refractivity contribution in [2.75, 3.05) is 25.4 Å². The first kappa shape index (κ1) is 22.4. The molecule has 4 rings (SSSR count). The lowest BCUT2D eigenvalue weighted by Gasteiger charge is -2.23. The van der Waals surface area contributed by atoms with Gasteiger partial charge in [0.2, 0.25) is 10.0 Å².